The highest BCUT2D eigenvalue weighted by molar-refractivity contribution is 5.10. The van der Waals surface area contributed by atoms with Crippen LogP contribution in [0.5, 0.6) is 0 Å². The largest absolute Gasteiger partial charge is 0.371 e. The van der Waals surface area contributed by atoms with E-state index in [4.69, 9.17) is 9.26 Å². The number of rotatable bonds is 5. The zero-order valence-corrected chi connectivity index (χ0v) is 12.5. The van der Waals surface area contributed by atoms with Crippen molar-refractivity contribution in [1.29, 1.82) is 0 Å². The van der Waals surface area contributed by atoms with Gasteiger partial charge in [-0.05, 0) is 39.7 Å². The summed E-state index contributed by atoms with van der Waals surface area (Å²) in [5, 5.41) is 7.58. The summed E-state index contributed by atoms with van der Waals surface area (Å²) in [5.74, 6) is 1.40. The minimum absolute atomic E-state index is 0.00205. The molecule has 0 saturated carbocycles. The predicted molar refractivity (Wildman–Crippen MR) is 73.0 cm³/mol. The van der Waals surface area contributed by atoms with Crippen LogP contribution in [0.15, 0.2) is 4.52 Å². The van der Waals surface area contributed by atoms with Crippen LogP contribution in [-0.2, 0) is 15.8 Å². The summed E-state index contributed by atoms with van der Waals surface area (Å²) >= 11 is 0. The Morgan fingerprint density at radius 3 is 2.84 bits per heavy atom. The third-order valence-corrected chi connectivity index (χ3v) is 4.13. The molecule has 5 nitrogen and oxygen atoms in total. The van der Waals surface area contributed by atoms with Crippen molar-refractivity contribution in [3.8, 4) is 0 Å². The predicted octanol–water partition coefficient (Wildman–Crippen LogP) is 2.37. The Labute approximate surface area is 115 Å². The first-order valence-electron chi connectivity index (χ1n) is 7.14. The van der Waals surface area contributed by atoms with E-state index in [1.165, 1.54) is 0 Å². The maximum absolute atomic E-state index is 5.57. The number of methoxy groups -OCH3 is 1. The molecule has 1 aliphatic heterocycles. The molecule has 0 aliphatic carbocycles. The Kier molecular flexibility index (Phi) is 4.26. The third kappa shape index (κ3) is 2.82. The van der Waals surface area contributed by atoms with Crippen molar-refractivity contribution in [2.45, 2.75) is 57.5 Å². The van der Waals surface area contributed by atoms with Gasteiger partial charge in [0.25, 0.3) is 0 Å². The van der Waals surface area contributed by atoms with Crippen molar-refractivity contribution in [3.63, 3.8) is 0 Å². The topological polar surface area (TPSA) is 60.2 Å². The highest BCUT2D eigenvalue weighted by Crippen LogP contribution is 2.35. The molecule has 1 fully saturated rings. The summed E-state index contributed by atoms with van der Waals surface area (Å²) in [6.45, 7) is 8.11. The Morgan fingerprint density at radius 2 is 2.26 bits per heavy atom. The van der Waals surface area contributed by atoms with Gasteiger partial charge in [0.05, 0.1) is 5.41 Å². The third-order valence-electron chi connectivity index (χ3n) is 4.13. The van der Waals surface area contributed by atoms with E-state index >= 15 is 0 Å². The second-order valence-corrected chi connectivity index (χ2v) is 5.95. The second-order valence-electron chi connectivity index (χ2n) is 5.95. The van der Waals surface area contributed by atoms with Gasteiger partial charge in [-0.15, -0.1) is 0 Å². The normalized spacial score (nSPS) is 24.6. The number of nitrogens with one attached hydrogen (secondary N) is 1. The molecular weight excluding hydrogens is 242 g/mol. The van der Waals surface area contributed by atoms with Gasteiger partial charge in [0.15, 0.2) is 0 Å². The molecule has 1 N–H and O–H groups in total. The van der Waals surface area contributed by atoms with Gasteiger partial charge in [-0.2, -0.15) is 4.98 Å². The lowest BCUT2D eigenvalue weighted by molar-refractivity contribution is 0.00973. The number of ether oxygens (including phenoxy) is 1. The summed E-state index contributed by atoms with van der Waals surface area (Å²) < 4.78 is 11.0. The van der Waals surface area contributed by atoms with Crippen molar-refractivity contribution in [2.24, 2.45) is 0 Å². The van der Waals surface area contributed by atoms with Gasteiger partial charge in [-0.25, -0.2) is 0 Å². The van der Waals surface area contributed by atoms with Gasteiger partial charge < -0.3 is 14.6 Å². The summed E-state index contributed by atoms with van der Waals surface area (Å²) in [7, 11) is 1.67. The molecule has 0 bridgehead atoms. The minimum Gasteiger partial charge on any atom is -0.371 e. The zero-order chi connectivity index (χ0) is 13.9. The molecule has 1 atom stereocenters. The van der Waals surface area contributed by atoms with Gasteiger partial charge >= 0.3 is 0 Å². The lowest BCUT2D eigenvalue weighted by Gasteiger charge is -2.34. The molecule has 1 unspecified atom stereocenters. The van der Waals surface area contributed by atoms with Crippen LogP contribution in [0.1, 0.15) is 58.2 Å². The van der Waals surface area contributed by atoms with Crippen LogP contribution in [0.3, 0.4) is 0 Å². The smallest absolute Gasteiger partial charge is 0.234 e. The fraction of sp³-hybridized carbons (Fsp3) is 0.857. The van der Waals surface area contributed by atoms with Crippen molar-refractivity contribution >= 4 is 0 Å². The number of aromatic nitrogens is 2. The average Bonchev–Trinajstić information content (AvgIpc) is 2.91. The molecule has 19 heavy (non-hydrogen) atoms. The zero-order valence-electron chi connectivity index (χ0n) is 12.5. The van der Waals surface area contributed by atoms with E-state index in [1.54, 1.807) is 7.11 Å². The molecule has 0 radical (unpaired) electrons. The van der Waals surface area contributed by atoms with Crippen LogP contribution in [0.25, 0.3) is 0 Å². The van der Waals surface area contributed by atoms with Gasteiger partial charge in [-0.3, -0.25) is 0 Å². The van der Waals surface area contributed by atoms with Gasteiger partial charge in [-0.1, -0.05) is 18.5 Å². The van der Waals surface area contributed by atoms with Crippen molar-refractivity contribution in [3.05, 3.63) is 11.7 Å². The van der Waals surface area contributed by atoms with Gasteiger partial charge in [0.1, 0.15) is 5.60 Å². The van der Waals surface area contributed by atoms with Crippen LogP contribution in [0.4, 0.5) is 0 Å². The molecule has 5 heteroatoms. The summed E-state index contributed by atoms with van der Waals surface area (Å²) in [6, 6.07) is 0. The van der Waals surface area contributed by atoms with E-state index in [2.05, 4.69) is 22.4 Å². The van der Waals surface area contributed by atoms with Crippen LogP contribution in [0.2, 0.25) is 0 Å². The molecular formula is C14H25N3O2. The summed E-state index contributed by atoms with van der Waals surface area (Å²) in [4.78, 5) is 4.62. The van der Waals surface area contributed by atoms with E-state index in [-0.39, 0.29) is 5.41 Å². The van der Waals surface area contributed by atoms with E-state index in [9.17, 15) is 0 Å². The number of hydrogen-bond donors (Lipinski definition) is 1. The molecule has 2 heterocycles. The molecule has 1 saturated heterocycles. The Hall–Kier alpha value is -0.940. The SMILES string of the molecule is CCCC1(c2nc(C(C)(C)OC)no2)CCCNC1. The Morgan fingerprint density at radius 1 is 1.47 bits per heavy atom. The molecule has 0 spiro atoms. The van der Waals surface area contributed by atoms with Gasteiger partial charge in [0, 0.05) is 13.7 Å². The highest BCUT2D eigenvalue weighted by atomic mass is 16.5. The number of hydrogen-bond acceptors (Lipinski definition) is 5. The van der Waals surface area contributed by atoms with Crippen LogP contribution < -0.4 is 5.32 Å². The lowest BCUT2D eigenvalue weighted by Crippen LogP contribution is -2.43. The Bertz CT molecular complexity index is 403. The fourth-order valence-corrected chi connectivity index (χ4v) is 2.72. The van der Waals surface area contributed by atoms with E-state index in [0.717, 1.165) is 44.7 Å². The average molecular weight is 267 g/mol. The summed E-state index contributed by atoms with van der Waals surface area (Å²) in [6.07, 6.45) is 4.47. The minimum atomic E-state index is -0.503. The second kappa shape index (κ2) is 5.59. The van der Waals surface area contributed by atoms with Crippen molar-refractivity contribution < 1.29 is 9.26 Å². The standard InChI is InChI=1S/C14H25N3O2/c1-5-7-14(8-6-9-15-10-14)12-16-11(17-19-12)13(2,3)18-4/h15H,5-10H2,1-4H3. The first kappa shape index (κ1) is 14.5. The summed E-state index contributed by atoms with van der Waals surface area (Å²) in [5.41, 5.74) is -0.501. The van der Waals surface area contributed by atoms with E-state index in [1.807, 2.05) is 13.8 Å². The maximum atomic E-state index is 5.57. The number of piperidine rings is 1. The quantitative estimate of drug-likeness (QED) is 0.887. The molecule has 1 aromatic heterocycles. The van der Waals surface area contributed by atoms with Crippen molar-refractivity contribution in [1.82, 2.24) is 15.5 Å². The van der Waals surface area contributed by atoms with Crippen molar-refractivity contribution in [2.75, 3.05) is 20.2 Å². The molecule has 1 aliphatic rings. The van der Waals surface area contributed by atoms with E-state index in [0.29, 0.717) is 5.82 Å². The van der Waals surface area contributed by atoms with E-state index < -0.39 is 5.60 Å². The monoisotopic (exact) mass is 267 g/mol. The molecule has 1 aromatic rings. The number of nitrogens with zero attached hydrogens (tertiary/aromatic N) is 2. The highest BCUT2D eigenvalue weighted by Gasteiger charge is 2.39. The maximum Gasteiger partial charge on any atom is 0.234 e. The van der Waals surface area contributed by atoms with Crippen LogP contribution >= 0.6 is 0 Å². The molecule has 2 rings (SSSR count). The lowest BCUT2D eigenvalue weighted by atomic mass is 9.77. The van der Waals surface area contributed by atoms with Crippen LogP contribution in [0, 0.1) is 0 Å². The molecule has 108 valence electrons. The Balaban J connectivity index is 2.28. The molecule has 0 aromatic carbocycles. The van der Waals surface area contributed by atoms with Crippen LogP contribution in [-0.4, -0.2) is 30.3 Å². The van der Waals surface area contributed by atoms with Gasteiger partial charge in [0.2, 0.25) is 11.7 Å². The molecule has 0 amide bonds. The fourth-order valence-electron chi connectivity index (χ4n) is 2.72. The first-order chi connectivity index (χ1) is 9.04. The first-order valence-corrected chi connectivity index (χ1v) is 7.14.